The minimum atomic E-state index is -0.937. The fourth-order valence-electron chi connectivity index (χ4n) is 0.374. The van der Waals surface area contributed by atoms with Crippen molar-refractivity contribution in [2.45, 2.75) is 6.04 Å². The first kappa shape index (κ1) is 9.16. The van der Waals surface area contributed by atoms with Gasteiger partial charge < -0.3 is 16.2 Å². The second-order valence-corrected chi connectivity index (χ2v) is 1.96. The van der Waals surface area contributed by atoms with Gasteiger partial charge in [0, 0.05) is 18.2 Å². The van der Waals surface area contributed by atoms with Crippen molar-refractivity contribution in [1.82, 2.24) is 5.32 Å². The Hall–Kier alpha value is -0.840. The molecule has 58 valence electrons. The van der Waals surface area contributed by atoms with E-state index in [1.165, 1.54) is 12.4 Å². The van der Waals surface area contributed by atoms with Crippen LogP contribution in [0.15, 0.2) is 12.4 Å². The minimum absolute atomic E-state index is 0.236. The third-order valence-corrected chi connectivity index (χ3v) is 1.24. The van der Waals surface area contributed by atoms with Crippen LogP contribution in [0.3, 0.4) is 0 Å². The first-order valence-electron chi connectivity index (χ1n) is 2.68. The predicted molar refractivity (Wildman–Crippen MR) is 41.7 cm³/mol. The second-order valence-electron chi connectivity index (χ2n) is 1.60. The van der Waals surface area contributed by atoms with Crippen molar-refractivity contribution in [3.8, 4) is 0 Å². The standard InChI is InChI=1S/C5H10N2O2S/c6-1-2-7-4(3-10)5(8)9/h1-2,4,7,10H,3,6H2,(H,8,9)/b2-1+. The van der Waals surface area contributed by atoms with E-state index in [9.17, 15) is 4.79 Å². The molecule has 0 spiro atoms. The molecule has 0 aromatic rings. The van der Waals surface area contributed by atoms with Gasteiger partial charge in [-0.1, -0.05) is 0 Å². The Morgan fingerprint density at radius 2 is 2.50 bits per heavy atom. The lowest BCUT2D eigenvalue weighted by Crippen LogP contribution is -2.34. The van der Waals surface area contributed by atoms with Crippen LogP contribution in [-0.2, 0) is 4.79 Å². The molecule has 0 amide bonds. The number of carbonyl (C=O) groups is 1. The van der Waals surface area contributed by atoms with E-state index in [4.69, 9.17) is 10.8 Å². The van der Waals surface area contributed by atoms with Gasteiger partial charge in [-0.25, -0.2) is 4.79 Å². The van der Waals surface area contributed by atoms with Crippen LogP contribution >= 0.6 is 12.6 Å². The average Bonchev–Trinajstić information content (AvgIpc) is 1.89. The maximum Gasteiger partial charge on any atom is 0.326 e. The first-order valence-corrected chi connectivity index (χ1v) is 3.32. The lowest BCUT2D eigenvalue weighted by atomic mass is 10.3. The topological polar surface area (TPSA) is 75.3 Å². The summed E-state index contributed by atoms with van der Waals surface area (Å²) in [6, 6.07) is -0.664. The third-order valence-electron chi connectivity index (χ3n) is 0.874. The van der Waals surface area contributed by atoms with Crippen LogP contribution < -0.4 is 11.1 Å². The number of carboxylic acids is 1. The Labute approximate surface area is 64.5 Å². The number of hydrogen-bond donors (Lipinski definition) is 4. The second kappa shape index (κ2) is 4.99. The van der Waals surface area contributed by atoms with Crippen LogP contribution in [0.5, 0.6) is 0 Å². The van der Waals surface area contributed by atoms with Gasteiger partial charge in [-0.15, -0.1) is 0 Å². The summed E-state index contributed by atoms with van der Waals surface area (Å²) in [5.41, 5.74) is 4.97. The lowest BCUT2D eigenvalue weighted by Gasteiger charge is -2.07. The number of rotatable bonds is 4. The van der Waals surface area contributed by atoms with E-state index in [1.54, 1.807) is 0 Å². The summed E-state index contributed by atoms with van der Waals surface area (Å²) in [6.07, 6.45) is 2.61. The fraction of sp³-hybridized carbons (Fsp3) is 0.400. The monoisotopic (exact) mass is 162 g/mol. The van der Waals surface area contributed by atoms with Crippen molar-refractivity contribution < 1.29 is 9.90 Å². The van der Waals surface area contributed by atoms with Crippen LogP contribution in [0.25, 0.3) is 0 Å². The minimum Gasteiger partial charge on any atom is -0.480 e. The average molecular weight is 162 g/mol. The smallest absolute Gasteiger partial charge is 0.326 e. The van der Waals surface area contributed by atoms with Crippen LogP contribution in [0.2, 0.25) is 0 Å². The third kappa shape index (κ3) is 3.24. The summed E-state index contributed by atoms with van der Waals surface area (Å²) in [5, 5.41) is 11.0. The van der Waals surface area contributed by atoms with Gasteiger partial charge in [-0.05, 0) is 0 Å². The van der Waals surface area contributed by atoms with E-state index in [0.717, 1.165) is 0 Å². The number of aliphatic carboxylic acids is 1. The fourth-order valence-corrected chi connectivity index (χ4v) is 0.635. The zero-order chi connectivity index (χ0) is 7.98. The molecule has 10 heavy (non-hydrogen) atoms. The van der Waals surface area contributed by atoms with Crippen molar-refractivity contribution in [1.29, 1.82) is 0 Å². The highest BCUT2D eigenvalue weighted by Gasteiger charge is 2.11. The molecule has 0 radical (unpaired) electrons. The van der Waals surface area contributed by atoms with E-state index in [0.29, 0.717) is 0 Å². The molecule has 0 aliphatic carbocycles. The highest BCUT2D eigenvalue weighted by Crippen LogP contribution is 1.86. The van der Waals surface area contributed by atoms with E-state index in [-0.39, 0.29) is 5.75 Å². The lowest BCUT2D eigenvalue weighted by molar-refractivity contribution is -0.138. The number of hydrogen-bond acceptors (Lipinski definition) is 4. The number of nitrogens with two attached hydrogens (primary N) is 1. The molecular weight excluding hydrogens is 152 g/mol. The Morgan fingerprint density at radius 3 is 2.80 bits per heavy atom. The van der Waals surface area contributed by atoms with Crippen LogP contribution in [0.1, 0.15) is 0 Å². The molecule has 4 N–H and O–H groups in total. The van der Waals surface area contributed by atoms with Gasteiger partial charge in [0.05, 0.1) is 0 Å². The van der Waals surface area contributed by atoms with E-state index >= 15 is 0 Å². The molecule has 0 aliphatic heterocycles. The quantitative estimate of drug-likeness (QED) is 0.416. The molecular formula is C5H10N2O2S. The number of thiol groups is 1. The molecule has 0 aliphatic rings. The summed E-state index contributed by atoms with van der Waals surface area (Å²) >= 11 is 3.81. The molecule has 0 rings (SSSR count). The first-order chi connectivity index (χ1) is 4.72. The molecule has 0 aromatic heterocycles. The Morgan fingerprint density at radius 1 is 1.90 bits per heavy atom. The summed E-state index contributed by atoms with van der Waals surface area (Å²) in [6.45, 7) is 0. The van der Waals surface area contributed by atoms with Gasteiger partial charge in [0.15, 0.2) is 0 Å². The summed E-state index contributed by atoms with van der Waals surface area (Å²) < 4.78 is 0. The van der Waals surface area contributed by atoms with Gasteiger partial charge in [0.2, 0.25) is 0 Å². The van der Waals surface area contributed by atoms with E-state index < -0.39 is 12.0 Å². The Kier molecular flexibility index (Phi) is 4.57. The van der Waals surface area contributed by atoms with E-state index in [2.05, 4.69) is 17.9 Å². The Bertz CT molecular complexity index is 138. The van der Waals surface area contributed by atoms with Crippen molar-refractivity contribution in [2.75, 3.05) is 5.75 Å². The van der Waals surface area contributed by atoms with Gasteiger partial charge >= 0.3 is 5.97 Å². The normalized spacial score (nSPS) is 13.3. The highest BCUT2D eigenvalue weighted by molar-refractivity contribution is 7.80. The van der Waals surface area contributed by atoms with Gasteiger partial charge in [-0.3, -0.25) is 0 Å². The number of carboxylic acid groups (broad SMARTS) is 1. The van der Waals surface area contributed by atoms with Crippen LogP contribution in [0, 0.1) is 0 Å². The van der Waals surface area contributed by atoms with E-state index in [1.807, 2.05) is 0 Å². The van der Waals surface area contributed by atoms with Gasteiger partial charge in [0.25, 0.3) is 0 Å². The highest BCUT2D eigenvalue weighted by atomic mass is 32.1. The largest absolute Gasteiger partial charge is 0.480 e. The van der Waals surface area contributed by atoms with Crippen molar-refractivity contribution in [2.24, 2.45) is 5.73 Å². The molecule has 0 bridgehead atoms. The SMILES string of the molecule is N/C=C/NC(CS)C(=O)O. The van der Waals surface area contributed by atoms with Crippen molar-refractivity contribution in [3.63, 3.8) is 0 Å². The molecule has 1 atom stereocenters. The zero-order valence-electron chi connectivity index (χ0n) is 5.32. The summed E-state index contributed by atoms with van der Waals surface area (Å²) in [7, 11) is 0. The summed E-state index contributed by atoms with van der Waals surface area (Å²) in [4.78, 5) is 10.3. The molecule has 1 unspecified atom stereocenters. The maximum absolute atomic E-state index is 10.3. The maximum atomic E-state index is 10.3. The van der Waals surface area contributed by atoms with Crippen LogP contribution in [0.4, 0.5) is 0 Å². The molecule has 0 aromatic carbocycles. The van der Waals surface area contributed by atoms with Gasteiger partial charge in [-0.2, -0.15) is 12.6 Å². The summed E-state index contributed by atoms with van der Waals surface area (Å²) in [5.74, 6) is -0.701. The zero-order valence-corrected chi connectivity index (χ0v) is 6.21. The molecule has 0 saturated heterocycles. The Balaban J connectivity index is 3.71. The molecule has 0 fully saturated rings. The van der Waals surface area contributed by atoms with Gasteiger partial charge in [0.1, 0.15) is 6.04 Å². The molecule has 5 heteroatoms. The number of nitrogens with one attached hydrogen (secondary N) is 1. The molecule has 0 saturated carbocycles. The van der Waals surface area contributed by atoms with Crippen molar-refractivity contribution in [3.05, 3.63) is 12.4 Å². The van der Waals surface area contributed by atoms with Crippen molar-refractivity contribution >= 4 is 18.6 Å². The molecule has 4 nitrogen and oxygen atoms in total. The predicted octanol–water partition coefficient (Wildman–Crippen LogP) is -0.611. The van der Waals surface area contributed by atoms with Crippen LogP contribution in [-0.4, -0.2) is 22.9 Å². The molecule has 0 heterocycles.